The summed E-state index contributed by atoms with van der Waals surface area (Å²) in [6, 6.07) is 16.1. The topological polar surface area (TPSA) is 98.4 Å². The van der Waals surface area contributed by atoms with E-state index in [9.17, 15) is 4.79 Å². The van der Waals surface area contributed by atoms with Gasteiger partial charge in [0, 0.05) is 65.1 Å². The minimum Gasteiger partial charge on any atom is -0.481 e. The number of aryl methyl sites for hydroxylation is 1. The van der Waals surface area contributed by atoms with Crippen LogP contribution in [0, 0.1) is 18.6 Å². The zero-order valence-corrected chi connectivity index (χ0v) is 26.5. The van der Waals surface area contributed by atoms with Gasteiger partial charge >= 0.3 is 5.97 Å². The number of carboxylic acid groups (broad SMARTS) is 1. The SMILES string of the molecule is CC.CNCc1c(Oc2ccc(F)c(C3NC=C(C(CCCCCCC(=O)O)c4cccc(C)c4)N3)c2)c(F)cc2[nH]ccc12. The molecule has 0 saturated heterocycles. The average molecular weight is 619 g/mol. The Bertz CT molecular complexity index is 1620. The Morgan fingerprint density at radius 1 is 1.02 bits per heavy atom. The summed E-state index contributed by atoms with van der Waals surface area (Å²) in [4.78, 5) is 13.9. The molecule has 2 heterocycles. The van der Waals surface area contributed by atoms with E-state index >= 15 is 8.78 Å². The van der Waals surface area contributed by atoms with E-state index in [0.29, 0.717) is 35.4 Å². The number of carboxylic acids is 1. The lowest BCUT2D eigenvalue weighted by atomic mass is 9.89. The number of aromatic amines is 1. The highest BCUT2D eigenvalue weighted by molar-refractivity contribution is 5.85. The van der Waals surface area contributed by atoms with Crippen LogP contribution in [0.2, 0.25) is 0 Å². The summed E-state index contributed by atoms with van der Waals surface area (Å²) in [6.07, 6.45) is 7.60. The number of hydrogen-bond acceptors (Lipinski definition) is 5. The predicted molar refractivity (Wildman–Crippen MR) is 175 cm³/mol. The maximum atomic E-state index is 15.2. The number of ether oxygens (including phenoxy) is 1. The van der Waals surface area contributed by atoms with E-state index < -0.39 is 23.8 Å². The van der Waals surface area contributed by atoms with Crippen molar-refractivity contribution in [1.29, 1.82) is 0 Å². The molecule has 4 aromatic rings. The van der Waals surface area contributed by atoms with Gasteiger partial charge in [0.05, 0.1) is 0 Å². The molecule has 45 heavy (non-hydrogen) atoms. The van der Waals surface area contributed by atoms with Gasteiger partial charge in [-0.2, -0.15) is 0 Å². The maximum Gasteiger partial charge on any atom is 0.303 e. The first-order chi connectivity index (χ1) is 21.8. The fraction of sp³-hybridized carbons (Fsp3) is 0.361. The number of aromatic nitrogens is 1. The van der Waals surface area contributed by atoms with Crippen molar-refractivity contribution in [3.8, 4) is 11.5 Å². The normalized spacial score (nSPS) is 14.6. The van der Waals surface area contributed by atoms with Crippen molar-refractivity contribution in [2.24, 2.45) is 0 Å². The van der Waals surface area contributed by atoms with Gasteiger partial charge in [0.25, 0.3) is 0 Å². The fourth-order valence-electron chi connectivity index (χ4n) is 5.77. The molecule has 2 atom stereocenters. The Hall–Kier alpha value is -4.37. The molecule has 3 aromatic carbocycles. The number of carbonyl (C=O) groups is 1. The number of rotatable bonds is 14. The minimum atomic E-state index is -0.762. The first kappa shape index (κ1) is 33.5. The van der Waals surface area contributed by atoms with Crippen LogP contribution in [-0.2, 0) is 11.3 Å². The molecule has 1 aromatic heterocycles. The van der Waals surface area contributed by atoms with Crippen LogP contribution in [0.15, 0.2) is 72.7 Å². The molecular weight excluding hydrogens is 574 g/mol. The third kappa shape index (κ3) is 8.42. The summed E-state index contributed by atoms with van der Waals surface area (Å²) in [5.41, 5.74) is 4.99. The fourth-order valence-corrected chi connectivity index (χ4v) is 5.77. The van der Waals surface area contributed by atoms with Gasteiger partial charge in [0.15, 0.2) is 11.6 Å². The Morgan fingerprint density at radius 3 is 2.58 bits per heavy atom. The number of halogens is 2. The van der Waals surface area contributed by atoms with Crippen molar-refractivity contribution >= 4 is 16.9 Å². The predicted octanol–water partition coefficient (Wildman–Crippen LogP) is 8.53. The zero-order chi connectivity index (χ0) is 32.3. The molecule has 0 fully saturated rings. The van der Waals surface area contributed by atoms with Gasteiger partial charge in [-0.15, -0.1) is 0 Å². The lowest BCUT2D eigenvalue weighted by Crippen LogP contribution is -2.25. The molecular formula is C36H44F2N4O3. The van der Waals surface area contributed by atoms with E-state index in [2.05, 4.69) is 46.1 Å². The molecule has 5 rings (SSSR count). The van der Waals surface area contributed by atoms with Crippen LogP contribution in [0.4, 0.5) is 8.78 Å². The summed E-state index contributed by atoms with van der Waals surface area (Å²) in [5.74, 6) is -1.18. The van der Waals surface area contributed by atoms with Gasteiger partial charge in [-0.3, -0.25) is 4.79 Å². The molecule has 1 aliphatic rings. The van der Waals surface area contributed by atoms with Crippen LogP contribution in [-0.4, -0.2) is 23.1 Å². The van der Waals surface area contributed by atoms with Crippen molar-refractivity contribution in [3.63, 3.8) is 0 Å². The van der Waals surface area contributed by atoms with Crippen molar-refractivity contribution in [2.45, 2.75) is 77.9 Å². The highest BCUT2D eigenvalue weighted by Crippen LogP contribution is 2.37. The standard InChI is InChI=1S/C34H38F2N4O3.C2H6/c1-21-8-7-9-22(16-21)24(10-5-3-4-6-11-32(41)42)31-20-39-34(40-31)26-17-23(12-13-28(26)35)43-33-27(19-37-2)25-14-15-38-30(25)18-29(33)36;1-2/h7-9,12-18,20,24,34,37-40H,3-6,10-11,19H2,1-2H3,(H,41,42);1-2H3. The minimum absolute atomic E-state index is 0.0608. The van der Waals surface area contributed by atoms with Crippen molar-refractivity contribution in [3.05, 3.63) is 107 Å². The van der Waals surface area contributed by atoms with Crippen molar-refractivity contribution in [1.82, 2.24) is 20.9 Å². The zero-order valence-electron chi connectivity index (χ0n) is 26.5. The van der Waals surface area contributed by atoms with Crippen LogP contribution in [0.25, 0.3) is 10.9 Å². The van der Waals surface area contributed by atoms with Crippen molar-refractivity contribution in [2.75, 3.05) is 7.05 Å². The summed E-state index contributed by atoms with van der Waals surface area (Å²) < 4.78 is 36.5. The molecule has 0 aliphatic carbocycles. The van der Waals surface area contributed by atoms with E-state index in [4.69, 9.17) is 9.84 Å². The second-order valence-electron chi connectivity index (χ2n) is 11.1. The van der Waals surface area contributed by atoms with E-state index in [1.54, 1.807) is 19.3 Å². The van der Waals surface area contributed by atoms with Gasteiger partial charge < -0.3 is 30.8 Å². The Balaban J connectivity index is 0.00000226. The second kappa shape index (κ2) is 16.1. The lowest BCUT2D eigenvalue weighted by molar-refractivity contribution is -0.137. The molecule has 9 heteroatoms. The number of benzene rings is 3. The molecule has 0 radical (unpaired) electrons. The Kier molecular flexibility index (Phi) is 12.0. The lowest BCUT2D eigenvalue weighted by Gasteiger charge is -2.22. The monoisotopic (exact) mass is 618 g/mol. The number of allylic oxidation sites excluding steroid dienone is 1. The van der Waals surface area contributed by atoms with E-state index in [-0.39, 0.29) is 18.1 Å². The highest BCUT2D eigenvalue weighted by Gasteiger charge is 2.27. The molecule has 0 amide bonds. The third-order valence-electron chi connectivity index (χ3n) is 7.89. The van der Waals surface area contributed by atoms with Gasteiger partial charge in [0.1, 0.15) is 17.7 Å². The van der Waals surface area contributed by atoms with Crippen LogP contribution in [0.3, 0.4) is 0 Å². The highest BCUT2D eigenvalue weighted by atomic mass is 19.1. The maximum absolute atomic E-state index is 15.2. The number of nitrogens with one attached hydrogen (secondary N) is 4. The summed E-state index contributed by atoms with van der Waals surface area (Å²) in [7, 11) is 1.79. The third-order valence-corrected chi connectivity index (χ3v) is 7.89. The number of unbranched alkanes of at least 4 members (excludes halogenated alkanes) is 3. The Morgan fingerprint density at radius 2 is 1.82 bits per heavy atom. The first-order valence-corrected chi connectivity index (χ1v) is 15.8. The number of aliphatic carboxylic acids is 1. The van der Waals surface area contributed by atoms with E-state index in [0.717, 1.165) is 47.9 Å². The molecule has 0 bridgehead atoms. The van der Waals surface area contributed by atoms with Crippen LogP contribution < -0.4 is 20.7 Å². The van der Waals surface area contributed by atoms with Crippen LogP contribution >= 0.6 is 0 Å². The summed E-state index contributed by atoms with van der Waals surface area (Å²) >= 11 is 0. The Labute approximate surface area is 264 Å². The van der Waals surface area contributed by atoms with Gasteiger partial charge in [-0.05, 0) is 56.6 Å². The molecule has 240 valence electrons. The van der Waals surface area contributed by atoms with Crippen LogP contribution in [0.1, 0.15) is 86.7 Å². The smallest absolute Gasteiger partial charge is 0.303 e. The molecule has 5 N–H and O–H groups in total. The molecule has 7 nitrogen and oxygen atoms in total. The van der Waals surface area contributed by atoms with E-state index in [1.807, 2.05) is 32.2 Å². The average Bonchev–Trinajstić information content (AvgIpc) is 3.70. The van der Waals surface area contributed by atoms with Gasteiger partial charge in [-0.25, -0.2) is 8.78 Å². The number of fused-ring (bicyclic) bond motifs is 1. The van der Waals surface area contributed by atoms with Crippen molar-refractivity contribution < 1.29 is 23.4 Å². The summed E-state index contributed by atoms with van der Waals surface area (Å²) in [5, 5.41) is 19.6. The quantitative estimate of drug-likeness (QED) is 0.0909. The summed E-state index contributed by atoms with van der Waals surface area (Å²) in [6.45, 7) is 6.46. The van der Waals surface area contributed by atoms with E-state index in [1.165, 1.54) is 18.2 Å². The molecule has 1 aliphatic heterocycles. The molecule has 0 spiro atoms. The van der Waals surface area contributed by atoms with Gasteiger partial charge in [-0.1, -0.05) is 62.9 Å². The van der Waals surface area contributed by atoms with Crippen LogP contribution in [0.5, 0.6) is 11.5 Å². The largest absolute Gasteiger partial charge is 0.481 e. The number of hydrogen-bond donors (Lipinski definition) is 5. The first-order valence-electron chi connectivity index (χ1n) is 15.8. The van der Waals surface area contributed by atoms with Gasteiger partial charge in [0.2, 0.25) is 0 Å². The second-order valence-corrected chi connectivity index (χ2v) is 11.1. The molecule has 2 unspecified atom stereocenters. The molecule has 0 saturated carbocycles. The number of H-pyrrole nitrogens is 1.